The van der Waals surface area contributed by atoms with Gasteiger partial charge in [0.2, 0.25) is 17.8 Å². The molecule has 3 rings (SSSR count). The van der Waals surface area contributed by atoms with Crippen LogP contribution in [-0.4, -0.2) is 38.6 Å². The molecule has 1 unspecified atom stereocenters. The van der Waals surface area contributed by atoms with Gasteiger partial charge < -0.3 is 5.32 Å². The molecule has 0 aliphatic carbocycles. The Kier molecular flexibility index (Phi) is 5.56. The van der Waals surface area contributed by atoms with Crippen molar-refractivity contribution in [2.24, 2.45) is 4.36 Å². The van der Waals surface area contributed by atoms with E-state index in [1.807, 2.05) is 0 Å². The number of aromatic nitrogens is 4. The average Bonchev–Trinajstić information content (AvgIpc) is 3.23. The Labute approximate surface area is 165 Å². The van der Waals surface area contributed by atoms with Crippen molar-refractivity contribution in [1.82, 2.24) is 20.0 Å². The molecule has 0 aliphatic heterocycles. The molecule has 1 atom stereocenters. The molecule has 0 saturated heterocycles. The first-order valence-electron chi connectivity index (χ1n) is 7.55. The molecule has 28 heavy (non-hydrogen) atoms. The van der Waals surface area contributed by atoms with Crippen LogP contribution in [-0.2, 0) is 9.62 Å². The molecular formula is C14H12BrFN8O3S. The summed E-state index contributed by atoms with van der Waals surface area (Å²) < 4.78 is 35.7. The lowest BCUT2D eigenvalue weighted by molar-refractivity contribution is 0.309. The predicted molar refractivity (Wildman–Crippen MR) is 100 cm³/mol. The van der Waals surface area contributed by atoms with E-state index in [0.29, 0.717) is 5.69 Å². The van der Waals surface area contributed by atoms with Crippen LogP contribution < -0.4 is 11.1 Å². The van der Waals surface area contributed by atoms with Crippen molar-refractivity contribution in [1.29, 1.82) is 10.0 Å². The largest absolute Gasteiger partial charge is 0.446 e. The summed E-state index contributed by atoms with van der Waals surface area (Å²) in [6.45, 7) is 0.256. The lowest BCUT2D eigenvalue weighted by Gasteiger charge is -2.07. The topological polar surface area (TPSA) is 159 Å². The van der Waals surface area contributed by atoms with E-state index in [1.54, 1.807) is 12.4 Å². The third kappa shape index (κ3) is 4.10. The minimum Gasteiger partial charge on any atom is -0.364 e. The minimum absolute atomic E-state index is 0.00467. The number of nitriles is 1. The predicted octanol–water partition coefficient (Wildman–Crippen LogP) is 2.40. The van der Waals surface area contributed by atoms with Gasteiger partial charge in [-0.25, -0.2) is 18.4 Å². The minimum atomic E-state index is -2.18. The highest BCUT2D eigenvalue weighted by molar-refractivity contribution is 9.10. The van der Waals surface area contributed by atoms with Gasteiger partial charge in [-0.2, -0.15) is 5.26 Å². The normalized spacial score (nSPS) is 12.9. The fourth-order valence-corrected chi connectivity index (χ4v) is 3.34. The van der Waals surface area contributed by atoms with Gasteiger partial charge in [0.1, 0.15) is 5.82 Å². The molecule has 14 heteroatoms. The van der Waals surface area contributed by atoms with Crippen molar-refractivity contribution in [3.63, 3.8) is 0 Å². The highest BCUT2D eigenvalue weighted by atomic mass is 79.9. The number of rotatable bonds is 6. The van der Waals surface area contributed by atoms with Crippen LogP contribution in [0.25, 0.3) is 17.2 Å². The van der Waals surface area contributed by atoms with Gasteiger partial charge in [-0.3, -0.25) is 9.30 Å². The maximum Gasteiger partial charge on any atom is 0.446 e. The molecule has 0 amide bonds. The molecule has 0 spiro atoms. The Morgan fingerprint density at radius 3 is 2.96 bits per heavy atom. The molecule has 2 aromatic heterocycles. The highest BCUT2D eigenvalue weighted by Gasteiger charge is 2.23. The first-order chi connectivity index (χ1) is 13.3. The first-order valence-corrected chi connectivity index (χ1v) is 10.5. The second-order valence-electron chi connectivity index (χ2n) is 5.53. The van der Waals surface area contributed by atoms with Gasteiger partial charge >= 0.3 is 5.76 Å². The van der Waals surface area contributed by atoms with Crippen molar-refractivity contribution in [2.75, 3.05) is 23.9 Å². The van der Waals surface area contributed by atoms with E-state index >= 15 is 0 Å². The van der Waals surface area contributed by atoms with E-state index in [9.17, 15) is 9.18 Å². The number of nitrogens with zero attached hydrogens (tertiary/aromatic N) is 6. The SMILES string of the molecule is CS(=N)(CCNc1nonc1-c1noc(=O)n1-c1ccc(F)c(Br)c1)=NC#N. The zero-order valence-electron chi connectivity index (χ0n) is 14.2. The zero-order valence-corrected chi connectivity index (χ0v) is 16.6. The van der Waals surface area contributed by atoms with Crippen LogP contribution in [0.3, 0.4) is 0 Å². The lowest BCUT2D eigenvalue weighted by atomic mass is 10.3. The highest BCUT2D eigenvalue weighted by Crippen LogP contribution is 2.26. The summed E-state index contributed by atoms with van der Waals surface area (Å²) in [6.07, 6.45) is 3.21. The lowest BCUT2D eigenvalue weighted by Crippen LogP contribution is -2.15. The summed E-state index contributed by atoms with van der Waals surface area (Å²) in [5.74, 6) is -0.864. The summed E-state index contributed by atoms with van der Waals surface area (Å²) in [6, 6.07) is 3.94. The molecule has 0 fully saturated rings. The number of hydrogen-bond donors (Lipinski definition) is 2. The number of hydrogen-bond acceptors (Lipinski definition) is 10. The zero-order chi connectivity index (χ0) is 20.3. The molecule has 1 aromatic carbocycles. The fraction of sp³-hybridized carbons (Fsp3) is 0.214. The van der Waals surface area contributed by atoms with E-state index in [1.165, 1.54) is 18.2 Å². The Morgan fingerprint density at radius 1 is 1.46 bits per heavy atom. The molecule has 3 aromatic rings. The number of nitrogens with one attached hydrogen (secondary N) is 2. The smallest absolute Gasteiger partial charge is 0.364 e. The standard InChI is InChI=1S/C14H12BrFN8O3S/c1-28(18,20-7-17)5-4-19-12-11(21-27-22-12)13-23-26-14(25)24(13)8-2-3-10(16)9(15)6-8/h2-3,6,18H,4-5H2,1H3,(H,19,22). The van der Waals surface area contributed by atoms with Crippen molar-refractivity contribution in [3.8, 4) is 23.4 Å². The summed E-state index contributed by atoms with van der Waals surface area (Å²) in [7, 11) is -2.18. The van der Waals surface area contributed by atoms with E-state index in [0.717, 1.165) is 4.57 Å². The molecule has 2 N–H and O–H groups in total. The Hall–Kier alpha value is -3.05. The second-order valence-corrected chi connectivity index (χ2v) is 9.05. The van der Waals surface area contributed by atoms with Crippen LogP contribution in [0.5, 0.6) is 0 Å². The monoisotopic (exact) mass is 470 g/mol. The van der Waals surface area contributed by atoms with E-state index in [4.69, 9.17) is 19.2 Å². The summed E-state index contributed by atoms with van der Waals surface area (Å²) in [5, 5.41) is 22.7. The van der Waals surface area contributed by atoms with E-state index in [-0.39, 0.29) is 34.1 Å². The van der Waals surface area contributed by atoms with Gasteiger partial charge in [-0.1, -0.05) is 5.16 Å². The maximum absolute atomic E-state index is 13.5. The number of halogens is 2. The Bertz CT molecular complexity index is 1230. The van der Waals surface area contributed by atoms with Crippen LogP contribution in [0.1, 0.15) is 0 Å². The molecule has 11 nitrogen and oxygen atoms in total. The molecule has 0 bridgehead atoms. The van der Waals surface area contributed by atoms with E-state index in [2.05, 4.69) is 41.1 Å². The Morgan fingerprint density at radius 2 is 2.25 bits per heavy atom. The number of anilines is 1. The van der Waals surface area contributed by atoms with Crippen LogP contribution in [0, 0.1) is 22.1 Å². The third-order valence-corrected chi connectivity index (χ3v) is 5.59. The van der Waals surface area contributed by atoms with Crippen molar-refractivity contribution in [3.05, 3.63) is 39.0 Å². The second kappa shape index (κ2) is 7.90. The van der Waals surface area contributed by atoms with Gasteiger partial charge in [-0.15, -0.1) is 4.36 Å². The molecule has 0 aliphatic rings. The Balaban J connectivity index is 1.93. The van der Waals surface area contributed by atoms with Gasteiger partial charge in [0.15, 0.2) is 5.69 Å². The van der Waals surface area contributed by atoms with Crippen LogP contribution >= 0.6 is 15.9 Å². The maximum atomic E-state index is 13.5. The van der Waals surface area contributed by atoms with Gasteiger partial charge in [0.25, 0.3) is 0 Å². The molecular weight excluding hydrogens is 459 g/mol. The van der Waals surface area contributed by atoms with Crippen molar-refractivity contribution >= 4 is 31.4 Å². The van der Waals surface area contributed by atoms with Gasteiger partial charge in [0.05, 0.1) is 10.2 Å². The quantitative estimate of drug-likeness (QED) is 0.519. The number of benzene rings is 1. The molecule has 0 saturated carbocycles. The first kappa shape index (κ1) is 19.7. The summed E-state index contributed by atoms with van der Waals surface area (Å²) in [5.41, 5.74) is 0.379. The van der Waals surface area contributed by atoms with E-state index < -0.39 is 21.2 Å². The van der Waals surface area contributed by atoms with Crippen LogP contribution in [0.2, 0.25) is 0 Å². The fourth-order valence-electron chi connectivity index (χ4n) is 2.21. The summed E-state index contributed by atoms with van der Waals surface area (Å²) >= 11 is 3.06. The summed E-state index contributed by atoms with van der Waals surface area (Å²) in [4.78, 5) is 12.1. The van der Waals surface area contributed by atoms with Gasteiger partial charge in [0, 0.05) is 18.6 Å². The van der Waals surface area contributed by atoms with Gasteiger partial charge in [-0.05, 0) is 54.1 Å². The average molecular weight is 471 g/mol. The molecule has 0 radical (unpaired) electrons. The third-order valence-electron chi connectivity index (χ3n) is 3.50. The van der Waals surface area contributed by atoms with Crippen LogP contribution in [0.4, 0.5) is 10.2 Å². The van der Waals surface area contributed by atoms with Crippen molar-refractivity contribution < 1.29 is 13.5 Å². The van der Waals surface area contributed by atoms with Crippen molar-refractivity contribution in [2.45, 2.75) is 0 Å². The molecule has 2 heterocycles. The molecule has 146 valence electrons. The van der Waals surface area contributed by atoms with Crippen LogP contribution in [0.15, 0.2) is 41.0 Å².